The first kappa shape index (κ1) is 22.9. The second-order valence-corrected chi connectivity index (χ2v) is 8.67. The molecule has 5 rings (SSSR count). The molecule has 2 aliphatic rings. The number of fused-ring (bicyclic) bond motifs is 3. The molecule has 2 heterocycles. The molecule has 0 bridgehead atoms. The van der Waals surface area contributed by atoms with Crippen molar-refractivity contribution < 1.29 is 22.8 Å². The second-order valence-electron chi connectivity index (χ2n) is 7.73. The van der Waals surface area contributed by atoms with E-state index in [0.717, 1.165) is 23.4 Å². The van der Waals surface area contributed by atoms with E-state index >= 15 is 0 Å². The van der Waals surface area contributed by atoms with Gasteiger partial charge in [0.15, 0.2) is 11.2 Å². The van der Waals surface area contributed by atoms with Crippen LogP contribution in [0.2, 0.25) is 0 Å². The van der Waals surface area contributed by atoms with Gasteiger partial charge >= 0.3 is 6.18 Å². The van der Waals surface area contributed by atoms with Crippen LogP contribution in [0.4, 0.5) is 24.5 Å². The fourth-order valence-electron chi connectivity index (χ4n) is 3.85. The van der Waals surface area contributed by atoms with Gasteiger partial charge in [-0.2, -0.15) is 13.2 Å². The second kappa shape index (κ2) is 9.03. The highest BCUT2D eigenvalue weighted by atomic mass is 32.2. The summed E-state index contributed by atoms with van der Waals surface area (Å²) in [5.41, 5.74) is 0.742. The molecule has 2 aliphatic heterocycles. The number of nitrogens with zero attached hydrogens (tertiary/aromatic N) is 3. The third kappa shape index (κ3) is 4.44. The lowest BCUT2D eigenvalue weighted by Crippen LogP contribution is -2.40. The van der Waals surface area contributed by atoms with Crippen molar-refractivity contribution in [3.05, 3.63) is 95.6 Å². The normalized spacial score (nSPS) is 16.8. The molecule has 0 aromatic heterocycles. The van der Waals surface area contributed by atoms with E-state index in [1.54, 1.807) is 12.1 Å². The fourth-order valence-corrected chi connectivity index (χ4v) is 4.66. The van der Waals surface area contributed by atoms with Crippen molar-refractivity contribution in [3.8, 4) is 0 Å². The zero-order valence-corrected chi connectivity index (χ0v) is 18.8. The third-order valence-corrected chi connectivity index (χ3v) is 6.36. The van der Waals surface area contributed by atoms with E-state index in [-0.39, 0.29) is 22.5 Å². The lowest BCUT2D eigenvalue weighted by molar-refractivity contribution is -0.137. The highest BCUT2D eigenvalue weighted by molar-refractivity contribution is 8.14. The third-order valence-electron chi connectivity index (χ3n) is 5.42. The number of benzene rings is 3. The Hall–Kier alpha value is -3.92. The Balaban J connectivity index is 1.39. The van der Waals surface area contributed by atoms with Gasteiger partial charge in [0, 0.05) is 5.56 Å². The Morgan fingerprint density at radius 3 is 2.43 bits per heavy atom. The van der Waals surface area contributed by atoms with Crippen LogP contribution in [0, 0.1) is 0 Å². The van der Waals surface area contributed by atoms with Gasteiger partial charge in [-0.1, -0.05) is 66.4 Å². The van der Waals surface area contributed by atoms with Gasteiger partial charge in [-0.15, -0.1) is 0 Å². The number of thioether (sulfide) groups is 1. The van der Waals surface area contributed by atoms with Gasteiger partial charge < -0.3 is 5.32 Å². The van der Waals surface area contributed by atoms with Crippen LogP contribution in [0.1, 0.15) is 22.7 Å². The quantitative estimate of drug-likeness (QED) is 0.527. The minimum Gasteiger partial charge on any atom is -0.325 e. The molecular weight excluding hydrogens is 477 g/mol. The predicted molar refractivity (Wildman–Crippen MR) is 129 cm³/mol. The standard InChI is InChI=1S/C25H17F3N4O2S/c26-25(27,28)17-11-5-7-13-19(17)29-20(33)14-35-24-30-18-12-6-4-10-16(18)22-31-21(23(34)32(22)24)15-8-2-1-3-9-15/h1-13,21H,14H2,(H,29,33)/t21-/m0/s1. The molecule has 35 heavy (non-hydrogen) atoms. The average molecular weight is 494 g/mol. The number of aliphatic imine (C=N–C) groups is 2. The number of alkyl halides is 3. The lowest BCUT2D eigenvalue weighted by atomic mass is 10.1. The summed E-state index contributed by atoms with van der Waals surface area (Å²) in [6, 6.07) is 20.3. The summed E-state index contributed by atoms with van der Waals surface area (Å²) in [7, 11) is 0. The van der Waals surface area contributed by atoms with E-state index in [9.17, 15) is 22.8 Å². The summed E-state index contributed by atoms with van der Waals surface area (Å²) < 4.78 is 39.7. The molecule has 3 aromatic carbocycles. The Labute approximate surface area is 202 Å². The van der Waals surface area contributed by atoms with Gasteiger partial charge in [0.2, 0.25) is 5.91 Å². The van der Waals surface area contributed by atoms with Crippen molar-refractivity contribution >= 4 is 46.0 Å². The molecule has 0 fully saturated rings. The summed E-state index contributed by atoms with van der Waals surface area (Å²) in [5.74, 6) is -0.784. The Morgan fingerprint density at radius 1 is 0.971 bits per heavy atom. The van der Waals surface area contributed by atoms with Gasteiger partial charge in [-0.05, 0) is 29.8 Å². The number of hydrogen-bond acceptors (Lipinski definition) is 5. The van der Waals surface area contributed by atoms with Crippen molar-refractivity contribution in [2.45, 2.75) is 12.2 Å². The van der Waals surface area contributed by atoms with Crippen LogP contribution in [0.15, 0.2) is 88.8 Å². The Kier molecular flexibility index (Phi) is 5.89. The molecule has 0 unspecified atom stereocenters. The molecular formula is C25H17F3N4O2S. The number of hydrogen-bond donors (Lipinski definition) is 1. The van der Waals surface area contributed by atoms with Crippen LogP contribution < -0.4 is 5.32 Å². The molecule has 10 heteroatoms. The first-order valence-electron chi connectivity index (χ1n) is 10.6. The van der Waals surface area contributed by atoms with Crippen molar-refractivity contribution in [3.63, 3.8) is 0 Å². The molecule has 176 valence electrons. The van der Waals surface area contributed by atoms with Crippen LogP contribution in [0.3, 0.4) is 0 Å². The number of nitrogens with one attached hydrogen (secondary N) is 1. The first-order chi connectivity index (χ1) is 16.8. The molecule has 0 spiro atoms. The number of para-hydroxylation sites is 2. The number of amidine groups is 2. The summed E-state index contributed by atoms with van der Waals surface area (Å²) >= 11 is 0.960. The van der Waals surface area contributed by atoms with Crippen LogP contribution in [-0.4, -0.2) is 33.5 Å². The average Bonchev–Trinajstić information content (AvgIpc) is 3.20. The minimum absolute atomic E-state index is 0.241. The smallest absolute Gasteiger partial charge is 0.325 e. The number of rotatable bonds is 4. The van der Waals surface area contributed by atoms with Crippen molar-refractivity contribution in [1.29, 1.82) is 0 Å². The highest BCUT2D eigenvalue weighted by Gasteiger charge is 2.42. The topological polar surface area (TPSA) is 74.1 Å². The number of halogens is 3. The number of amides is 2. The molecule has 0 aliphatic carbocycles. The summed E-state index contributed by atoms with van der Waals surface area (Å²) in [6.07, 6.45) is -4.60. The predicted octanol–water partition coefficient (Wildman–Crippen LogP) is 5.41. The van der Waals surface area contributed by atoms with E-state index in [0.29, 0.717) is 17.1 Å². The van der Waals surface area contributed by atoms with E-state index < -0.39 is 23.7 Å². The summed E-state index contributed by atoms with van der Waals surface area (Å²) in [4.78, 5) is 36.5. The van der Waals surface area contributed by atoms with E-state index in [4.69, 9.17) is 0 Å². The molecule has 6 nitrogen and oxygen atoms in total. The molecule has 1 atom stereocenters. The number of anilines is 1. The summed E-state index contributed by atoms with van der Waals surface area (Å²) in [6.45, 7) is 0. The molecule has 2 amide bonds. The van der Waals surface area contributed by atoms with Gasteiger partial charge in [0.05, 0.1) is 22.7 Å². The van der Waals surface area contributed by atoms with Gasteiger partial charge in [-0.3, -0.25) is 9.59 Å². The molecule has 1 N–H and O–H groups in total. The van der Waals surface area contributed by atoms with E-state index in [1.165, 1.54) is 23.1 Å². The van der Waals surface area contributed by atoms with Gasteiger partial charge in [0.25, 0.3) is 5.91 Å². The van der Waals surface area contributed by atoms with Crippen LogP contribution in [-0.2, 0) is 15.8 Å². The van der Waals surface area contributed by atoms with Crippen LogP contribution in [0.5, 0.6) is 0 Å². The lowest BCUT2D eigenvalue weighted by Gasteiger charge is -2.25. The van der Waals surface area contributed by atoms with Crippen LogP contribution >= 0.6 is 11.8 Å². The van der Waals surface area contributed by atoms with E-state index in [1.807, 2.05) is 42.5 Å². The van der Waals surface area contributed by atoms with Crippen molar-refractivity contribution in [2.75, 3.05) is 11.1 Å². The Morgan fingerprint density at radius 2 is 1.66 bits per heavy atom. The van der Waals surface area contributed by atoms with Crippen LogP contribution in [0.25, 0.3) is 0 Å². The Bertz CT molecular complexity index is 1370. The summed E-state index contributed by atoms with van der Waals surface area (Å²) in [5, 5.41) is 2.55. The van der Waals surface area contributed by atoms with Crippen molar-refractivity contribution in [2.24, 2.45) is 9.98 Å². The fraction of sp³-hybridized carbons (Fsp3) is 0.120. The van der Waals surface area contributed by atoms with E-state index in [2.05, 4.69) is 15.3 Å². The zero-order valence-electron chi connectivity index (χ0n) is 18.0. The highest BCUT2D eigenvalue weighted by Crippen LogP contribution is 2.38. The molecule has 3 aromatic rings. The van der Waals surface area contributed by atoms with Gasteiger partial charge in [0.1, 0.15) is 5.84 Å². The van der Waals surface area contributed by atoms with Gasteiger partial charge in [-0.25, -0.2) is 14.9 Å². The zero-order chi connectivity index (χ0) is 24.6. The van der Waals surface area contributed by atoms with Crippen molar-refractivity contribution in [1.82, 2.24) is 4.90 Å². The molecule has 0 saturated carbocycles. The largest absolute Gasteiger partial charge is 0.418 e. The number of carbonyl (C=O) groups is 2. The monoisotopic (exact) mass is 494 g/mol. The maximum atomic E-state index is 13.3. The molecule has 0 radical (unpaired) electrons. The first-order valence-corrected chi connectivity index (χ1v) is 11.5. The SMILES string of the molecule is O=C(CSC1=Nc2ccccc2C2=N[C@@H](c3ccccc3)C(=O)N12)Nc1ccccc1C(F)(F)F. The maximum Gasteiger partial charge on any atom is 0.418 e. The minimum atomic E-state index is -4.60. The maximum absolute atomic E-state index is 13.3. The molecule has 0 saturated heterocycles. The number of carbonyl (C=O) groups excluding carboxylic acids is 2.